The van der Waals surface area contributed by atoms with Crippen LogP contribution in [0.3, 0.4) is 0 Å². The molecular formula is C42H52O10. The minimum atomic E-state index is -0.801. The quantitative estimate of drug-likeness (QED) is 0.0927. The molecule has 0 unspecified atom stereocenters. The fraction of sp³-hybridized carbons (Fsp3) is 0.548. The molecule has 0 amide bonds. The molecular weight excluding hydrogens is 664 g/mol. The number of phenolic OH excluding ortho intramolecular Hbond substituents is 4. The van der Waals surface area contributed by atoms with Gasteiger partial charge in [-0.3, -0.25) is 4.79 Å². The van der Waals surface area contributed by atoms with Crippen LogP contribution in [-0.4, -0.2) is 55.6 Å². The summed E-state index contributed by atoms with van der Waals surface area (Å²) in [6, 6.07) is 8.70. The number of hydrogen-bond donors (Lipinski definition) is 5. The molecule has 0 aliphatic heterocycles. The Hall–Kier alpha value is -4.47. The smallest absolute Gasteiger partial charge is 0.331 e. The van der Waals surface area contributed by atoms with E-state index in [0.717, 1.165) is 51.4 Å². The zero-order valence-corrected chi connectivity index (χ0v) is 30.2. The topological polar surface area (TPSA) is 171 Å². The molecule has 0 radical (unpaired) electrons. The summed E-state index contributed by atoms with van der Waals surface area (Å²) in [5.74, 6) is -0.903. The van der Waals surface area contributed by atoms with Crippen molar-refractivity contribution in [3.63, 3.8) is 0 Å². The summed E-state index contributed by atoms with van der Waals surface area (Å²) >= 11 is 0. The third-order valence-electron chi connectivity index (χ3n) is 13.6. The number of carboxylic acids is 1. The van der Waals surface area contributed by atoms with Crippen molar-refractivity contribution in [1.29, 1.82) is 0 Å². The lowest BCUT2D eigenvalue weighted by molar-refractivity contribution is -0.196. The van der Waals surface area contributed by atoms with Gasteiger partial charge in [0.2, 0.25) is 0 Å². The van der Waals surface area contributed by atoms with E-state index in [1.165, 1.54) is 36.4 Å². The molecule has 4 fully saturated rings. The maximum Gasteiger partial charge on any atom is 0.331 e. The van der Waals surface area contributed by atoms with Crippen LogP contribution in [-0.2, 0) is 23.9 Å². The van der Waals surface area contributed by atoms with E-state index < -0.39 is 17.9 Å². The fourth-order valence-corrected chi connectivity index (χ4v) is 11.0. The lowest BCUT2D eigenvalue weighted by atomic mass is 9.43. The predicted molar refractivity (Wildman–Crippen MR) is 194 cm³/mol. The van der Waals surface area contributed by atoms with Crippen molar-refractivity contribution in [2.45, 2.75) is 97.2 Å². The number of carbonyl (C=O) groups excluding carboxylic acids is 2. The third-order valence-corrected chi connectivity index (χ3v) is 13.6. The van der Waals surface area contributed by atoms with Gasteiger partial charge < -0.3 is 35.0 Å². The van der Waals surface area contributed by atoms with Crippen molar-refractivity contribution in [1.82, 2.24) is 0 Å². The van der Waals surface area contributed by atoms with E-state index in [4.69, 9.17) is 9.47 Å². The van der Waals surface area contributed by atoms with Gasteiger partial charge in [0.1, 0.15) is 12.2 Å². The molecule has 4 saturated carbocycles. The van der Waals surface area contributed by atoms with E-state index in [1.807, 2.05) is 0 Å². The minimum absolute atomic E-state index is 0.0242. The molecule has 0 spiro atoms. The molecule has 0 heterocycles. The highest BCUT2D eigenvalue weighted by molar-refractivity contribution is 5.88. The minimum Gasteiger partial charge on any atom is -0.504 e. The summed E-state index contributed by atoms with van der Waals surface area (Å²) in [5, 5.41) is 48.4. The van der Waals surface area contributed by atoms with Crippen LogP contribution in [0.4, 0.5) is 0 Å². The van der Waals surface area contributed by atoms with Crippen LogP contribution < -0.4 is 0 Å². The van der Waals surface area contributed by atoms with Gasteiger partial charge in [0.25, 0.3) is 0 Å². The molecule has 4 aliphatic carbocycles. The molecule has 52 heavy (non-hydrogen) atoms. The fourth-order valence-electron chi connectivity index (χ4n) is 11.0. The summed E-state index contributed by atoms with van der Waals surface area (Å²) in [4.78, 5) is 37.9. The second kappa shape index (κ2) is 14.9. The van der Waals surface area contributed by atoms with Gasteiger partial charge in [0.15, 0.2) is 23.0 Å². The van der Waals surface area contributed by atoms with Gasteiger partial charge in [-0.05, 0) is 146 Å². The van der Waals surface area contributed by atoms with Crippen molar-refractivity contribution in [3.8, 4) is 23.0 Å². The normalized spacial score (nSPS) is 33.2. The van der Waals surface area contributed by atoms with Gasteiger partial charge in [-0.15, -0.1) is 0 Å². The highest BCUT2D eigenvalue weighted by atomic mass is 16.5. The lowest BCUT2D eigenvalue weighted by Crippen LogP contribution is -2.59. The third kappa shape index (κ3) is 7.39. The zero-order valence-electron chi connectivity index (χ0n) is 30.2. The van der Waals surface area contributed by atoms with Crippen molar-refractivity contribution in [2.75, 3.05) is 0 Å². The zero-order chi connectivity index (χ0) is 37.4. The van der Waals surface area contributed by atoms with E-state index in [1.54, 1.807) is 24.3 Å². The number of hydrogen-bond acceptors (Lipinski definition) is 9. The Morgan fingerprint density at radius 3 is 2.00 bits per heavy atom. The maximum absolute atomic E-state index is 13.5. The first kappa shape index (κ1) is 37.3. The van der Waals surface area contributed by atoms with Crippen molar-refractivity contribution < 1.29 is 49.4 Å². The lowest BCUT2D eigenvalue weighted by Gasteiger charge is -2.62. The van der Waals surface area contributed by atoms with Crippen LogP contribution in [0.25, 0.3) is 12.2 Å². The highest BCUT2D eigenvalue weighted by Crippen LogP contribution is 2.69. The number of fused-ring (bicyclic) bond motifs is 5. The van der Waals surface area contributed by atoms with Crippen LogP contribution in [0.15, 0.2) is 48.6 Å². The first-order valence-corrected chi connectivity index (χ1v) is 18.7. The van der Waals surface area contributed by atoms with Crippen molar-refractivity contribution >= 4 is 30.1 Å². The van der Waals surface area contributed by atoms with Crippen LogP contribution >= 0.6 is 0 Å². The number of ether oxygens (including phenoxy) is 2. The number of carboxylic acid groups (broad SMARTS) is 1. The Balaban J connectivity index is 1.19. The van der Waals surface area contributed by atoms with Gasteiger partial charge in [-0.1, -0.05) is 32.9 Å². The van der Waals surface area contributed by atoms with E-state index in [0.29, 0.717) is 41.2 Å². The Morgan fingerprint density at radius 2 is 1.40 bits per heavy atom. The molecule has 0 bridgehead atoms. The first-order chi connectivity index (χ1) is 24.7. The van der Waals surface area contributed by atoms with Crippen LogP contribution in [0.5, 0.6) is 23.0 Å². The van der Waals surface area contributed by atoms with Gasteiger partial charge >= 0.3 is 17.9 Å². The van der Waals surface area contributed by atoms with Crippen LogP contribution in [0.2, 0.25) is 0 Å². The second-order valence-corrected chi connectivity index (χ2v) is 16.3. The Morgan fingerprint density at radius 1 is 0.788 bits per heavy atom. The van der Waals surface area contributed by atoms with E-state index in [2.05, 4.69) is 20.8 Å². The van der Waals surface area contributed by atoms with E-state index in [9.17, 15) is 39.9 Å². The monoisotopic (exact) mass is 716 g/mol. The number of benzene rings is 2. The Bertz CT molecular complexity index is 1730. The standard InChI is InChI=1S/C42H52O10/c1-24(4-15-38(47)48)30-11-12-31-29-10-9-27-22-28(51-39(49)16-7-25-5-13-33(43)35(45)20-25)18-19-41(27,2)32(29)23-37(42(30,31)3)52-40(50)17-8-26-6-14-34(44)36(46)21-26/h5-8,13-14,16-17,20-21,24,27-32,37,43-46H,4,9-12,15,18-19,22-23H2,1-3H3,(H,47,48)/b16-7+,17-8+/t24-,27+,28-,29+,30-,31+,32+,37+,41+,42-/m1/s1. The van der Waals surface area contributed by atoms with E-state index in [-0.39, 0.29) is 64.3 Å². The summed E-state index contributed by atoms with van der Waals surface area (Å²) in [5.41, 5.74) is 0.790. The van der Waals surface area contributed by atoms with Gasteiger partial charge in [-0.2, -0.15) is 0 Å². The van der Waals surface area contributed by atoms with Crippen LogP contribution in [0.1, 0.15) is 96.1 Å². The van der Waals surface area contributed by atoms with Gasteiger partial charge in [0, 0.05) is 24.0 Å². The highest BCUT2D eigenvalue weighted by Gasteiger charge is 2.65. The number of phenols is 4. The number of aromatic hydroxyl groups is 4. The predicted octanol–water partition coefficient (Wildman–Crippen LogP) is 7.83. The average Bonchev–Trinajstić information content (AvgIpc) is 3.47. The summed E-state index contributed by atoms with van der Waals surface area (Å²) in [6.45, 7) is 6.80. The number of carbonyl (C=O) groups is 3. The molecule has 2 aromatic carbocycles. The summed E-state index contributed by atoms with van der Waals surface area (Å²) in [7, 11) is 0. The molecule has 5 N–H and O–H groups in total. The number of rotatable bonds is 10. The van der Waals surface area contributed by atoms with Gasteiger partial charge in [0.05, 0.1) is 0 Å². The Kier molecular flexibility index (Phi) is 10.7. The van der Waals surface area contributed by atoms with Crippen LogP contribution in [0, 0.1) is 46.3 Å². The average molecular weight is 717 g/mol. The Labute approximate surface area is 305 Å². The molecule has 10 nitrogen and oxygen atoms in total. The molecule has 0 aromatic heterocycles. The van der Waals surface area contributed by atoms with E-state index >= 15 is 0 Å². The molecule has 2 aromatic rings. The van der Waals surface area contributed by atoms with Crippen molar-refractivity contribution in [2.24, 2.45) is 46.3 Å². The molecule has 10 atom stereocenters. The van der Waals surface area contributed by atoms with Crippen molar-refractivity contribution in [3.05, 3.63) is 59.7 Å². The largest absolute Gasteiger partial charge is 0.504 e. The molecule has 6 rings (SSSR count). The summed E-state index contributed by atoms with van der Waals surface area (Å²) in [6.07, 6.45) is 13.1. The second-order valence-electron chi connectivity index (χ2n) is 16.3. The molecule has 4 aliphatic rings. The maximum atomic E-state index is 13.5. The summed E-state index contributed by atoms with van der Waals surface area (Å²) < 4.78 is 12.4. The first-order valence-electron chi connectivity index (χ1n) is 18.7. The number of aliphatic carboxylic acids is 1. The SMILES string of the molecule is C[C@H](CCC(=O)O)[C@H]1CC[C@H]2[C@@H]3CC[C@H]4C[C@H](OC(=O)/C=C/c5ccc(O)c(O)c5)CC[C@]4(C)[C@H]3C[C@H](OC(=O)/C=C/c3ccc(O)c(O)c3)[C@]12C. The molecule has 280 valence electrons. The van der Waals surface area contributed by atoms with Gasteiger partial charge in [-0.25, -0.2) is 9.59 Å². The molecule has 10 heteroatoms. The molecule has 0 saturated heterocycles. The number of esters is 2.